The molecule has 21 heavy (non-hydrogen) atoms. The Morgan fingerprint density at radius 2 is 1.76 bits per heavy atom. The molecule has 0 radical (unpaired) electrons. The van der Waals surface area contributed by atoms with Crippen LogP contribution in [0.1, 0.15) is 15.9 Å². The van der Waals surface area contributed by atoms with E-state index in [0.717, 1.165) is 11.3 Å². The Kier molecular flexibility index (Phi) is 6.03. The molecule has 0 aliphatic heterocycles. The van der Waals surface area contributed by atoms with E-state index in [1.54, 1.807) is 30.7 Å². The standard InChI is InChI=1S/C15H16N4O.H2O/c1-19(2)14-5-3-12(4-6-14)11-17-18-15(20)13-7-9-16-10-8-13;/h3-11H,1-2H3,(H,18,20);1H2/b17-11+;. The van der Waals surface area contributed by atoms with Crippen molar-refractivity contribution >= 4 is 17.8 Å². The summed E-state index contributed by atoms with van der Waals surface area (Å²) in [4.78, 5) is 17.6. The molecule has 0 unspecified atom stereocenters. The zero-order chi connectivity index (χ0) is 14.4. The van der Waals surface area contributed by atoms with Gasteiger partial charge in [-0.1, -0.05) is 12.1 Å². The van der Waals surface area contributed by atoms with Crippen LogP contribution in [-0.2, 0) is 0 Å². The van der Waals surface area contributed by atoms with E-state index in [0.29, 0.717) is 5.56 Å². The average Bonchev–Trinajstić information content (AvgIpc) is 2.48. The van der Waals surface area contributed by atoms with Crippen LogP contribution in [-0.4, -0.2) is 36.7 Å². The number of benzene rings is 1. The molecule has 0 saturated carbocycles. The van der Waals surface area contributed by atoms with Gasteiger partial charge in [0, 0.05) is 37.7 Å². The zero-order valence-corrected chi connectivity index (χ0v) is 11.9. The zero-order valence-electron chi connectivity index (χ0n) is 11.9. The van der Waals surface area contributed by atoms with E-state index in [1.807, 2.05) is 43.3 Å². The predicted molar refractivity (Wildman–Crippen MR) is 83.7 cm³/mol. The molecule has 0 aliphatic rings. The summed E-state index contributed by atoms with van der Waals surface area (Å²) in [5.74, 6) is -0.256. The van der Waals surface area contributed by atoms with Gasteiger partial charge in [0.1, 0.15) is 0 Å². The van der Waals surface area contributed by atoms with E-state index < -0.39 is 0 Å². The Bertz CT molecular complexity index is 595. The van der Waals surface area contributed by atoms with Gasteiger partial charge in [-0.05, 0) is 29.8 Å². The lowest BCUT2D eigenvalue weighted by Gasteiger charge is -2.11. The quantitative estimate of drug-likeness (QED) is 0.674. The van der Waals surface area contributed by atoms with Crippen molar-refractivity contribution in [1.29, 1.82) is 0 Å². The topological polar surface area (TPSA) is 89.1 Å². The molecule has 0 aliphatic carbocycles. The van der Waals surface area contributed by atoms with Crippen LogP contribution in [0.15, 0.2) is 53.9 Å². The Balaban J connectivity index is 0.00000220. The SMILES string of the molecule is CN(C)c1ccc(/C=N/NC(=O)c2ccncc2)cc1.O. The van der Waals surface area contributed by atoms with Gasteiger partial charge in [-0.3, -0.25) is 9.78 Å². The number of pyridine rings is 1. The van der Waals surface area contributed by atoms with Crippen molar-refractivity contribution < 1.29 is 10.3 Å². The highest BCUT2D eigenvalue weighted by Gasteiger charge is 2.01. The maximum absolute atomic E-state index is 11.7. The summed E-state index contributed by atoms with van der Waals surface area (Å²) in [5.41, 5.74) is 5.04. The van der Waals surface area contributed by atoms with Crippen molar-refractivity contribution in [2.75, 3.05) is 19.0 Å². The maximum atomic E-state index is 11.7. The number of nitrogens with zero attached hydrogens (tertiary/aromatic N) is 3. The fraction of sp³-hybridized carbons (Fsp3) is 0.133. The number of nitrogens with one attached hydrogen (secondary N) is 1. The molecule has 0 saturated heterocycles. The van der Waals surface area contributed by atoms with Crippen molar-refractivity contribution in [3.05, 3.63) is 59.9 Å². The summed E-state index contributed by atoms with van der Waals surface area (Å²) in [6.45, 7) is 0. The van der Waals surface area contributed by atoms with E-state index in [1.165, 1.54) is 0 Å². The first-order chi connectivity index (χ1) is 9.66. The van der Waals surface area contributed by atoms with E-state index in [9.17, 15) is 4.79 Å². The van der Waals surface area contributed by atoms with Crippen LogP contribution in [0.3, 0.4) is 0 Å². The number of hydrogen-bond donors (Lipinski definition) is 1. The Morgan fingerprint density at radius 1 is 1.14 bits per heavy atom. The lowest BCUT2D eigenvalue weighted by Crippen LogP contribution is -2.17. The molecule has 6 heteroatoms. The number of anilines is 1. The second kappa shape index (κ2) is 7.76. The summed E-state index contributed by atoms with van der Waals surface area (Å²) >= 11 is 0. The molecular weight excluding hydrogens is 268 g/mol. The van der Waals surface area contributed by atoms with E-state index in [4.69, 9.17) is 0 Å². The molecule has 2 aromatic rings. The fourth-order valence-electron chi connectivity index (χ4n) is 1.59. The minimum absolute atomic E-state index is 0. The van der Waals surface area contributed by atoms with Gasteiger partial charge in [0.2, 0.25) is 0 Å². The molecule has 1 heterocycles. The third-order valence-electron chi connectivity index (χ3n) is 2.73. The molecule has 0 bridgehead atoms. The molecule has 0 fully saturated rings. The first-order valence-corrected chi connectivity index (χ1v) is 6.17. The molecule has 1 aromatic carbocycles. The Morgan fingerprint density at radius 3 is 2.33 bits per heavy atom. The number of hydrazone groups is 1. The highest BCUT2D eigenvalue weighted by molar-refractivity contribution is 5.94. The van der Waals surface area contributed by atoms with Crippen molar-refractivity contribution in [3.8, 4) is 0 Å². The molecule has 1 aromatic heterocycles. The van der Waals surface area contributed by atoms with Crippen LogP contribution in [0.5, 0.6) is 0 Å². The molecule has 2 rings (SSSR count). The van der Waals surface area contributed by atoms with Gasteiger partial charge in [0.05, 0.1) is 6.21 Å². The molecular formula is C15H18N4O2. The minimum Gasteiger partial charge on any atom is -0.412 e. The minimum atomic E-state index is -0.256. The highest BCUT2D eigenvalue weighted by Crippen LogP contribution is 2.10. The summed E-state index contributed by atoms with van der Waals surface area (Å²) in [6, 6.07) is 11.1. The molecule has 0 spiro atoms. The highest BCUT2D eigenvalue weighted by atomic mass is 16.2. The summed E-state index contributed by atoms with van der Waals surface area (Å²) in [5, 5.41) is 3.93. The third kappa shape index (κ3) is 4.70. The first kappa shape index (κ1) is 16.3. The number of aromatic nitrogens is 1. The summed E-state index contributed by atoms with van der Waals surface area (Å²) < 4.78 is 0. The average molecular weight is 286 g/mol. The largest absolute Gasteiger partial charge is 0.412 e. The second-order valence-corrected chi connectivity index (χ2v) is 4.42. The van der Waals surface area contributed by atoms with Crippen LogP contribution in [0, 0.1) is 0 Å². The van der Waals surface area contributed by atoms with Crippen molar-refractivity contribution in [1.82, 2.24) is 10.4 Å². The summed E-state index contributed by atoms with van der Waals surface area (Å²) in [6.07, 6.45) is 4.75. The number of amides is 1. The van der Waals surface area contributed by atoms with E-state index in [-0.39, 0.29) is 11.4 Å². The second-order valence-electron chi connectivity index (χ2n) is 4.42. The van der Waals surface area contributed by atoms with Crippen molar-refractivity contribution in [3.63, 3.8) is 0 Å². The molecule has 3 N–H and O–H groups in total. The van der Waals surface area contributed by atoms with Gasteiger partial charge in [0.25, 0.3) is 5.91 Å². The Hall–Kier alpha value is -2.73. The smallest absolute Gasteiger partial charge is 0.271 e. The Labute approximate surface area is 123 Å². The van der Waals surface area contributed by atoms with E-state index in [2.05, 4.69) is 15.5 Å². The van der Waals surface area contributed by atoms with E-state index >= 15 is 0 Å². The fourth-order valence-corrected chi connectivity index (χ4v) is 1.59. The number of carbonyl (C=O) groups is 1. The molecule has 110 valence electrons. The molecule has 6 nitrogen and oxygen atoms in total. The van der Waals surface area contributed by atoms with Gasteiger partial charge >= 0.3 is 0 Å². The van der Waals surface area contributed by atoms with Crippen LogP contribution in [0.25, 0.3) is 0 Å². The van der Waals surface area contributed by atoms with Crippen LogP contribution < -0.4 is 10.3 Å². The van der Waals surface area contributed by atoms with Crippen LogP contribution in [0.4, 0.5) is 5.69 Å². The lowest BCUT2D eigenvalue weighted by molar-refractivity contribution is 0.0955. The van der Waals surface area contributed by atoms with Gasteiger partial charge in [0.15, 0.2) is 0 Å². The number of carbonyl (C=O) groups excluding carboxylic acids is 1. The summed E-state index contributed by atoms with van der Waals surface area (Å²) in [7, 11) is 3.97. The first-order valence-electron chi connectivity index (χ1n) is 6.17. The number of hydrogen-bond acceptors (Lipinski definition) is 4. The van der Waals surface area contributed by atoms with Gasteiger partial charge in [-0.15, -0.1) is 0 Å². The van der Waals surface area contributed by atoms with Gasteiger partial charge < -0.3 is 10.4 Å². The predicted octanol–water partition coefficient (Wildman–Crippen LogP) is 1.09. The van der Waals surface area contributed by atoms with Crippen molar-refractivity contribution in [2.24, 2.45) is 5.10 Å². The monoisotopic (exact) mass is 286 g/mol. The van der Waals surface area contributed by atoms with Gasteiger partial charge in [-0.25, -0.2) is 5.43 Å². The van der Waals surface area contributed by atoms with Crippen molar-refractivity contribution in [2.45, 2.75) is 0 Å². The van der Waals surface area contributed by atoms with Crippen LogP contribution >= 0.6 is 0 Å². The lowest BCUT2D eigenvalue weighted by atomic mass is 10.2. The van der Waals surface area contributed by atoms with Gasteiger partial charge in [-0.2, -0.15) is 5.10 Å². The number of rotatable bonds is 4. The normalized spacial score (nSPS) is 10.0. The van der Waals surface area contributed by atoms with Crippen LogP contribution in [0.2, 0.25) is 0 Å². The molecule has 0 atom stereocenters. The maximum Gasteiger partial charge on any atom is 0.271 e. The molecule has 1 amide bonds. The third-order valence-corrected chi connectivity index (χ3v) is 2.73.